The van der Waals surface area contributed by atoms with Crippen molar-refractivity contribution in [2.45, 2.75) is 13.0 Å². The van der Waals surface area contributed by atoms with E-state index < -0.39 is 11.9 Å². The molecule has 2 aromatic carbocycles. The number of ether oxygens (including phenoxy) is 2. The van der Waals surface area contributed by atoms with Crippen LogP contribution in [0.1, 0.15) is 21.9 Å². The summed E-state index contributed by atoms with van der Waals surface area (Å²) in [7, 11) is 1.27. The van der Waals surface area contributed by atoms with Crippen LogP contribution in [-0.2, 0) is 27.3 Å². The normalized spacial score (nSPS) is 11.0. The van der Waals surface area contributed by atoms with Crippen LogP contribution in [0.3, 0.4) is 0 Å². The fraction of sp³-hybridized carbons (Fsp3) is 0.143. The predicted octanol–water partition coefficient (Wildman–Crippen LogP) is 4.25. The van der Waals surface area contributed by atoms with Crippen LogP contribution in [0.25, 0.3) is 21.7 Å². The smallest absolute Gasteiger partial charge is 0.373 e. The molecule has 4 rings (SSSR count). The molecule has 0 unspecified atom stereocenters. The van der Waals surface area contributed by atoms with Gasteiger partial charge in [-0.15, -0.1) is 0 Å². The number of rotatable bonds is 5. The highest BCUT2D eigenvalue weighted by Gasteiger charge is 2.16. The predicted molar refractivity (Wildman–Crippen MR) is 97.3 cm³/mol. The zero-order valence-electron chi connectivity index (χ0n) is 14.6. The minimum Gasteiger partial charge on any atom is -0.464 e. The Bertz CT molecular complexity index is 1130. The number of benzene rings is 2. The van der Waals surface area contributed by atoms with Gasteiger partial charge < -0.3 is 18.3 Å². The molecule has 6 nitrogen and oxygen atoms in total. The molecule has 0 aliphatic heterocycles. The minimum absolute atomic E-state index is 0.0631. The molecule has 0 N–H and O–H groups in total. The van der Waals surface area contributed by atoms with Gasteiger partial charge in [0.15, 0.2) is 0 Å². The van der Waals surface area contributed by atoms with E-state index in [9.17, 15) is 9.59 Å². The molecule has 0 aliphatic carbocycles. The molecule has 27 heavy (non-hydrogen) atoms. The van der Waals surface area contributed by atoms with Gasteiger partial charge in [-0.2, -0.15) is 0 Å². The summed E-state index contributed by atoms with van der Waals surface area (Å²) >= 11 is 0. The van der Waals surface area contributed by atoms with Crippen LogP contribution in [-0.4, -0.2) is 19.0 Å². The lowest BCUT2D eigenvalue weighted by Crippen LogP contribution is -2.07. The van der Waals surface area contributed by atoms with Gasteiger partial charge in [0, 0.05) is 10.9 Å². The van der Waals surface area contributed by atoms with Crippen molar-refractivity contribution in [1.29, 1.82) is 0 Å². The summed E-state index contributed by atoms with van der Waals surface area (Å²) in [5.41, 5.74) is 1.49. The fourth-order valence-corrected chi connectivity index (χ4v) is 3.03. The van der Waals surface area contributed by atoms with E-state index in [1.807, 2.05) is 36.4 Å². The molecular formula is C21H16O6. The zero-order chi connectivity index (χ0) is 18.8. The van der Waals surface area contributed by atoms with E-state index in [2.05, 4.69) is 4.74 Å². The number of hydrogen-bond acceptors (Lipinski definition) is 6. The van der Waals surface area contributed by atoms with Crippen molar-refractivity contribution >= 4 is 33.7 Å². The zero-order valence-corrected chi connectivity index (χ0v) is 14.6. The second-order valence-corrected chi connectivity index (χ2v) is 6.02. The molecule has 0 radical (unpaired) electrons. The first-order chi connectivity index (χ1) is 13.2. The van der Waals surface area contributed by atoms with Gasteiger partial charge in [-0.3, -0.25) is 4.79 Å². The Balaban J connectivity index is 1.49. The Morgan fingerprint density at radius 3 is 2.74 bits per heavy atom. The summed E-state index contributed by atoms with van der Waals surface area (Å²) in [6, 6.07) is 14.9. The number of fused-ring (bicyclic) bond motifs is 3. The van der Waals surface area contributed by atoms with Crippen LogP contribution in [0, 0.1) is 0 Å². The molecular weight excluding hydrogens is 348 g/mol. The van der Waals surface area contributed by atoms with Crippen molar-refractivity contribution in [3.63, 3.8) is 0 Å². The molecule has 0 spiro atoms. The van der Waals surface area contributed by atoms with Crippen LogP contribution in [0.4, 0.5) is 0 Å². The highest BCUT2D eigenvalue weighted by Crippen LogP contribution is 2.30. The van der Waals surface area contributed by atoms with E-state index in [1.165, 1.54) is 13.2 Å². The number of esters is 2. The molecule has 0 atom stereocenters. The number of methoxy groups -OCH3 is 1. The van der Waals surface area contributed by atoms with Crippen molar-refractivity contribution < 1.29 is 27.9 Å². The second kappa shape index (κ2) is 6.99. The van der Waals surface area contributed by atoms with Gasteiger partial charge in [0.25, 0.3) is 0 Å². The summed E-state index contributed by atoms with van der Waals surface area (Å²) < 4.78 is 20.7. The maximum Gasteiger partial charge on any atom is 0.373 e. The summed E-state index contributed by atoms with van der Waals surface area (Å²) in [5.74, 6) is -0.562. The monoisotopic (exact) mass is 364 g/mol. The van der Waals surface area contributed by atoms with Gasteiger partial charge in [0.2, 0.25) is 5.76 Å². The van der Waals surface area contributed by atoms with E-state index in [-0.39, 0.29) is 18.8 Å². The third-order valence-electron chi connectivity index (χ3n) is 4.30. The summed E-state index contributed by atoms with van der Waals surface area (Å²) in [4.78, 5) is 23.6. The van der Waals surface area contributed by atoms with E-state index in [0.29, 0.717) is 5.76 Å². The Labute approximate surface area is 154 Å². The van der Waals surface area contributed by atoms with Gasteiger partial charge in [-0.1, -0.05) is 30.3 Å². The van der Waals surface area contributed by atoms with Crippen molar-refractivity contribution in [3.05, 3.63) is 71.9 Å². The molecule has 0 saturated heterocycles. The first kappa shape index (κ1) is 16.9. The van der Waals surface area contributed by atoms with E-state index in [0.717, 1.165) is 27.3 Å². The number of furan rings is 2. The van der Waals surface area contributed by atoms with Crippen molar-refractivity contribution in [2.24, 2.45) is 0 Å². The first-order valence-corrected chi connectivity index (χ1v) is 8.36. The first-order valence-electron chi connectivity index (χ1n) is 8.36. The Hall–Kier alpha value is -3.54. The van der Waals surface area contributed by atoms with Crippen LogP contribution in [0.5, 0.6) is 0 Å². The molecule has 4 aromatic rings. The topological polar surface area (TPSA) is 78.9 Å². The molecule has 0 bridgehead atoms. The van der Waals surface area contributed by atoms with Crippen molar-refractivity contribution in [2.75, 3.05) is 7.11 Å². The van der Waals surface area contributed by atoms with E-state index in [4.69, 9.17) is 13.6 Å². The quantitative estimate of drug-likeness (QED) is 0.493. The largest absolute Gasteiger partial charge is 0.464 e. The van der Waals surface area contributed by atoms with Gasteiger partial charge in [-0.05, 0) is 29.0 Å². The van der Waals surface area contributed by atoms with E-state index in [1.54, 1.807) is 12.3 Å². The lowest BCUT2D eigenvalue weighted by Gasteiger charge is -2.04. The average molecular weight is 364 g/mol. The highest BCUT2D eigenvalue weighted by molar-refractivity contribution is 6.08. The lowest BCUT2D eigenvalue weighted by atomic mass is 10.0. The molecule has 6 heteroatoms. The van der Waals surface area contributed by atoms with Gasteiger partial charge in [0.05, 0.1) is 19.8 Å². The van der Waals surface area contributed by atoms with Gasteiger partial charge in [0.1, 0.15) is 18.0 Å². The van der Waals surface area contributed by atoms with Crippen LogP contribution >= 0.6 is 0 Å². The number of carbonyl (C=O) groups is 2. The third-order valence-corrected chi connectivity index (χ3v) is 4.30. The summed E-state index contributed by atoms with van der Waals surface area (Å²) in [6.45, 7) is -0.0631. The SMILES string of the molecule is COC(=O)c1ccc(COC(=O)Cc2coc3ccc4ccccc4c23)o1. The summed E-state index contributed by atoms with van der Waals surface area (Å²) in [6.07, 6.45) is 1.66. The van der Waals surface area contributed by atoms with Crippen LogP contribution in [0.15, 0.2) is 63.6 Å². The van der Waals surface area contributed by atoms with Crippen LogP contribution < -0.4 is 0 Å². The van der Waals surface area contributed by atoms with E-state index >= 15 is 0 Å². The Morgan fingerprint density at radius 2 is 1.89 bits per heavy atom. The molecule has 2 aromatic heterocycles. The van der Waals surface area contributed by atoms with Crippen LogP contribution in [0.2, 0.25) is 0 Å². The molecule has 136 valence electrons. The fourth-order valence-electron chi connectivity index (χ4n) is 3.03. The van der Waals surface area contributed by atoms with Gasteiger partial charge in [-0.25, -0.2) is 4.79 Å². The second-order valence-electron chi connectivity index (χ2n) is 6.02. The molecule has 0 fully saturated rings. The maximum atomic E-state index is 12.3. The molecule has 0 amide bonds. The standard InChI is InChI=1S/C21H16O6/c1-24-21(23)18-9-7-15(27-18)12-26-19(22)10-14-11-25-17-8-6-13-4-2-3-5-16(13)20(14)17/h2-9,11H,10,12H2,1H3. The van der Waals surface area contributed by atoms with Crippen molar-refractivity contribution in [1.82, 2.24) is 0 Å². The lowest BCUT2D eigenvalue weighted by molar-refractivity contribution is -0.144. The average Bonchev–Trinajstić information content (AvgIpc) is 3.33. The Kier molecular flexibility index (Phi) is 4.38. The Morgan fingerprint density at radius 1 is 1.04 bits per heavy atom. The maximum absolute atomic E-state index is 12.3. The van der Waals surface area contributed by atoms with Gasteiger partial charge >= 0.3 is 11.9 Å². The highest BCUT2D eigenvalue weighted by atomic mass is 16.5. The summed E-state index contributed by atoms with van der Waals surface area (Å²) in [5, 5.41) is 3.02. The number of carbonyl (C=O) groups excluding carboxylic acids is 2. The molecule has 0 saturated carbocycles. The number of hydrogen-bond donors (Lipinski definition) is 0. The minimum atomic E-state index is -0.579. The third kappa shape index (κ3) is 3.29. The van der Waals surface area contributed by atoms with Crippen molar-refractivity contribution in [3.8, 4) is 0 Å². The molecule has 0 aliphatic rings. The molecule has 2 heterocycles.